The summed E-state index contributed by atoms with van der Waals surface area (Å²) in [6, 6.07) is 17.1. The van der Waals surface area contributed by atoms with Gasteiger partial charge in [0.25, 0.3) is 6.47 Å². The van der Waals surface area contributed by atoms with Gasteiger partial charge in [-0.3, -0.25) is 4.79 Å². The number of fused-ring (bicyclic) bond motifs is 3. The number of aromatic nitrogens is 3. The van der Waals surface area contributed by atoms with Crippen LogP contribution < -0.4 is 5.32 Å². The monoisotopic (exact) mass is 416 g/mol. The molecule has 1 fully saturated rings. The number of ether oxygens (including phenoxy) is 1. The molecule has 0 saturated heterocycles. The van der Waals surface area contributed by atoms with Crippen LogP contribution in [-0.2, 0) is 9.53 Å². The Morgan fingerprint density at radius 2 is 1.74 bits per heavy atom. The Bertz CT molecular complexity index is 1160. The van der Waals surface area contributed by atoms with E-state index in [9.17, 15) is 0 Å². The highest BCUT2D eigenvalue weighted by Crippen LogP contribution is 2.32. The first-order valence-electron chi connectivity index (χ1n) is 10.5. The molecule has 6 nitrogen and oxygen atoms in total. The summed E-state index contributed by atoms with van der Waals surface area (Å²) in [5.74, 6) is 0.695. The van der Waals surface area contributed by atoms with E-state index in [2.05, 4.69) is 52.3 Å². The van der Waals surface area contributed by atoms with Crippen LogP contribution in [0.4, 0.5) is 5.95 Å². The zero-order chi connectivity index (χ0) is 22.2. The largest absolute Gasteiger partial charge is 0.471 e. The first-order valence-corrected chi connectivity index (χ1v) is 10.5. The second kappa shape index (κ2) is 10.5. The number of nitrogens with one attached hydrogen (secondary N) is 1. The van der Waals surface area contributed by atoms with Crippen molar-refractivity contribution in [2.45, 2.75) is 39.7 Å². The molecule has 2 heterocycles. The Balaban J connectivity index is 0.000000411. The highest BCUT2D eigenvalue weighted by Gasteiger charge is 2.22. The van der Waals surface area contributed by atoms with Gasteiger partial charge in [0.05, 0.1) is 18.3 Å². The molecule has 4 aromatic rings. The molecule has 0 aliphatic heterocycles. The average molecular weight is 417 g/mol. The van der Waals surface area contributed by atoms with Crippen molar-refractivity contribution < 1.29 is 9.53 Å². The molecule has 0 unspecified atom stereocenters. The van der Waals surface area contributed by atoms with Crippen molar-refractivity contribution in [3.63, 3.8) is 0 Å². The van der Waals surface area contributed by atoms with E-state index in [1.165, 1.54) is 25.5 Å². The number of aryl methyl sites for hydroxylation is 1. The number of anilines is 1. The fourth-order valence-corrected chi connectivity index (χ4v) is 3.17. The number of hydrogen-bond acceptors (Lipinski definition) is 6. The number of pyridine rings is 1. The maximum absolute atomic E-state index is 8.95. The molecule has 1 aliphatic rings. The Labute approximate surface area is 182 Å². The lowest BCUT2D eigenvalue weighted by atomic mass is 10.0. The quantitative estimate of drug-likeness (QED) is 0.347. The molecule has 6 heteroatoms. The molecule has 1 aliphatic carbocycles. The van der Waals surface area contributed by atoms with Gasteiger partial charge in [0, 0.05) is 28.6 Å². The molecule has 1 saturated carbocycles. The smallest absolute Gasteiger partial charge is 0.292 e. The summed E-state index contributed by atoms with van der Waals surface area (Å²) in [6.45, 7) is 6.46. The number of benzene rings is 2. The third kappa shape index (κ3) is 5.34. The molecule has 0 bridgehead atoms. The standard InChI is InChI=1S/C21H18N4.C2H4O2.C2H6/c1-13-7-10-16-17-12-22-21(23-15-8-9-15)25-20(17)19(24-18(16)11-13)14-5-3-2-4-6-14;1-4-2-3;1-2/h2-7,10-12,15H,8-9H2,1H3,(H,22,23,25);2H,1H3;1-2H3. The molecule has 31 heavy (non-hydrogen) atoms. The van der Waals surface area contributed by atoms with Crippen LogP contribution in [0, 0.1) is 6.92 Å². The molecular weight excluding hydrogens is 388 g/mol. The van der Waals surface area contributed by atoms with E-state index in [1.54, 1.807) is 0 Å². The average Bonchev–Trinajstić information content (AvgIpc) is 3.64. The Kier molecular flexibility index (Phi) is 7.49. The number of carbonyl (C=O) groups excluding carboxylic acids is 1. The Morgan fingerprint density at radius 1 is 1.03 bits per heavy atom. The van der Waals surface area contributed by atoms with Gasteiger partial charge in [-0.25, -0.2) is 15.0 Å². The summed E-state index contributed by atoms with van der Waals surface area (Å²) < 4.78 is 3.86. The Morgan fingerprint density at radius 3 is 2.39 bits per heavy atom. The highest BCUT2D eigenvalue weighted by atomic mass is 16.5. The molecule has 2 aromatic carbocycles. The van der Waals surface area contributed by atoms with Crippen LogP contribution in [-0.4, -0.2) is 34.6 Å². The number of methoxy groups -OCH3 is 1. The van der Waals surface area contributed by atoms with E-state index in [0.717, 1.165) is 33.1 Å². The van der Waals surface area contributed by atoms with E-state index in [-0.39, 0.29) is 0 Å². The van der Waals surface area contributed by atoms with Crippen LogP contribution >= 0.6 is 0 Å². The van der Waals surface area contributed by atoms with E-state index < -0.39 is 0 Å². The fourth-order valence-electron chi connectivity index (χ4n) is 3.17. The fraction of sp³-hybridized carbons (Fsp3) is 0.280. The van der Waals surface area contributed by atoms with Gasteiger partial charge >= 0.3 is 0 Å². The van der Waals surface area contributed by atoms with E-state index in [0.29, 0.717) is 18.5 Å². The van der Waals surface area contributed by atoms with Gasteiger partial charge in [-0.05, 0) is 31.4 Å². The number of rotatable bonds is 4. The topological polar surface area (TPSA) is 77.0 Å². The first kappa shape index (κ1) is 22.2. The highest BCUT2D eigenvalue weighted by molar-refractivity contribution is 6.09. The zero-order valence-electron chi connectivity index (χ0n) is 18.4. The molecule has 0 atom stereocenters. The predicted molar refractivity (Wildman–Crippen MR) is 126 cm³/mol. The lowest BCUT2D eigenvalue weighted by Crippen LogP contribution is -2.06. The van der Waals surface area contributed by atoms with Crippen molar-refractivity contribution >= 4 is 34.2 Å². The van der Waals surface area contributed by atoms with Gasteiger partial charge < -0.3 is 10.1 Å². The van der Waals surface area contributed by atoms with Crippen molar-refractivity contribution in [2.24, 2.45) is 0 Å². The maximum atomic E-state index is 8.95. The maximum Gasteiger partial charge on any atom is 0.292 e. The summed E-state index contributed by atoms with van der Waals surface area (Å²) in [6.07, 6.45) is 4.32. The second-order valence-corrected chi connectivity index (χ2v) is 7.05. The molecule has 0 amide bonds. The minimum Gasteiger partial charge on any atom is -0.471 e. The lowest BCUT2D eigenvalue weighted by Gasteiger charge is -2.11. The molecule has 1 N–H and O–H groups in total. The SMILES string of the molecule is CC.COC=O.Cc1ccc2c(c1)nc(-c1ccccc1)c1nc(NC3CC3)ncc12. The van der Waals surface area contributed by atoms with Gasteiger partial charge in [-0.15, -0.1) is 0 Å². The summed E-state index contributed by atoms with van der Waals surface area (Å²) in [5.41, 5.74) is 5.08. The molecule has 0 spiro atoms. The van der Waals surface area contributed by atoms with Crippen molar-refractivity contribution in [3.8, 4) is 11.3 Å². The summed E-state index contributed by atoms with van der Waals surface area (Å²) >= 11 is 0. The van der Waals surface area contributed by atoms with Gasteiger partial charge in [0.1, 0.15) is 5.52 Å². The van der Waals surface area contributed by atoms with Gasteiger partial charge in [-0.1, -0.05) is 56.3 Å². The first-order chi connectivity index (χ1) is 15.2. The van der Waals surface area contributed by atoms with Crippen molar-refractivity contribution in [3.05, 3.63) is 60.3 Å². The van der Waals surface area contributed by atoms with E-state index >= 15 is 0 Å². The summed E-state index contributed by atoms with van der Waals surface area (Å²) in [4.78, 5) is 23.3. The van der Waals surface area contributed by atoms with Crippen LogP contribution in [0.5, 0.6) is 0 Å². The van der Waals surface area contributed by atoms with Crippen LogP contribution in [0.1, 0.15) is 32.3 Å². The number of nitrogens with zero attached hydrogens (tertiary/aromatic N) is 3. The van der Waals surface area contributed by atoms with Crippen LogP contribution in [0.3, 0.4) is 0 Å². The van der Waals surface area contributed by atoms with Crippen molar-refractivity contribution in [1.29, 1.82) is 0 Å². The van der Waals surface area contributed by atoms with Crippen molar-refractivity contribution in [1.82, 2.24) is 15.0 Å². The minimum absolute atomic E-state index is 0.375. The van der Waals surface area contributed by atoms with Crippen LogP contribution in [0.15, 0.2) is 54.7 Å². The molecule has 0 radical (unpaired) electrons. The number of carbonyl (C=O) groups is 1. The predicted octanol–water partition coefficient (Wildman–Crippen LogP) is 5.54. The normalized spacial score (nSPS) is 12.3. The van der Waals surface area contributed by atoms with E-state index in [1.807, 2.05) is 38.2 Å². The third-order valence-electron chi connectivity index (χ3n) is 4.74. The summed E-state index contributed by atoms with van der Waals surface area (Å²) in [5, 5.41) is 5.54. The molecule has 2 aromatic heterocycles. The number of hydrogen-bond donors (Lipinski definition) is 1. The molecular formula is C25H28N4O2. The van der Waals surface area contributed by atoms with Gasteiger partial charge in [-0.2, -0.15) is 0 Å². The van der Waals surface area contributed by atoms with Gasteiger partial charge in [0.15, 0.2) is 0 Å². The summed E-state index contributed by atoms with van der Waals surface area (Å²) in [7, 11) is 1.31. The second-order valence-electron chi connectivity index (χ2n) is 7.05. The van der Waals surface area contributed by atoms with Crippen molar-refractivity contribution in [2.75, 3.05) is 12.4 Å². The zero-order valence-corrected chi connectivity index (χ0v) is 18.4. The van der Waals surface area contributed by atoms with E-state index in [4.69, 9.17) is 14.8 Å². The Hall–Kier alpha value is -3.54. The molecule has 160 valence electrons. The minimum atomic E-state index is 0.375. The van der Waals surface area contributed by atoms with Crippen LogP contribution in [0.25, 0.3) is 33.1 Å². The van der Waals surface area contributed by atoms with Crippen LogP contribution in [0.2, 0.25) is 0 Å². The third-order valence-corrected chi connectivity index (χ3v) is 4.74. The molecule has 5 rings (SSSR count). The van der Waals surface area contributed by atoms with Gasteiger partial charge in [0.2, 0.25) is 5.95 Å². The lowest BCUT2D eigenvalue weighted by molar-refractivity contribution is -0.126.